The van der Waals surface area contributed by atoms with E-state index in [-0.39, 0.29) is 15.5 Å². The second-order valence-electron chi connectivity index (χ2n) is 2.66. The van der Waals surface area contributed by atoms with Gasteiger partial charge < -0.3 is 10.3 Å². The maximum atomic E-state index is 11.6. The Labute approximate surface area is 93.7 Å². The molecule has 0 aliphatic heterocycles. The van der Waals surface area contributed by atoms with Gasteiger partial charge in [-0.1, -0.05) is 16.5 Å². The Morgan fingerprint density at radius 3 is 2.69 bits per heavy atom. The van der Waals surface area contributed by atoms with E-state index in [0.717, 1.165) is 11.3 Å². The molecule has 0 fully saturated rings. The van der Waals surface area contributed by atoms with E-state index < -0.39 is 10.0 Å². The van der Waals surface area contributed by atoms with Gasteiger partial charge in [-0.2, -0.15) is 13.4 Å². The molecule has 0 atom stereocenters. The largest absolute Gasteiger partial charge is 0.374 e. The normalized spacial score (nSPS) is 11.6. The van der Waals surface area contributed by atoms with Crippen LogP contribution in [0.1, 0.15) is 5.82 Å². The molecule has 2 heterocycles. The zero-order valence-electron chi connectivity index (χ0n) is 7.91. The molecule has 11 heteroatoms. The van der Waals surface area contributed by atoms with Gasteiger partial charge in [0.25, 0.3) is 14.4 Å². The first-order valence-electron chi connectivity index (χ1n) is 3.89. The summed E-state index contributed by atoms with van der Waals surface area (Å²) in [6.07, 6.45) is 0. The molecule has 0 radical (unpaired) electrons. The van der Waals surface area contributed by atoms with Crippen molar-refractivity contribution in [1.82, 2.24) is 20.3 Å². The predicted octanol–water partition coefficient (Wildman–Crippen LogP) is -0.387. The van der Waals surface area contributed by atoms with Crippen LogP contribution in [-0.2, 0) is 10.0 Å². The van der Waals surface area contributed by atoms with E-state index >= 15 is 0 Å². The smallest absolute Gasteiger partial charge is 0.335 e. The van der Waals surface area contributed by atoms with Crippen LogP contribution in [0.25, 0.3) is 0 Å². The quantitative estimate of drug-likeness (QED) is 0.763. The maximum Gasteiger partial charge on any atom is 0.335 e. The van der Waals surface area contributed by atoms with E-state index in [2.05, 4.69) is 29.6 Å². The Morgan fingerprint density at radius 2 is 2.19 bits per heavy atom. The minimum atomic E-state index is -3.86. The highest BCUT2D eigenvalue weighted by molar-refractivity contribution is 7.94. The maximum absolute atomic E-state index is 11.6. The molecule has 0 aromatic carbocycles. The van der Waals surface area contributed by atoms with Gasteiger partial charge in [0.05, 0.1) is 0 Å². The Morgan fingerprint density at radius 1 is 1.44 bits per heavy atom. The molecule has 3 N–H and O–H groups in total. The summed E-state index contributed by atoms with van der Waals surface area (Å²) in [5, 5.41) is 10.3. The molecule has 9 nitrogen and oxygen atoms in total. The monoisotopic (exact) mass is 262 g/mol. The highest BCUT2D eigenvalue weighted by Crippen LogP contribution is 2.19. The molecule has 86 valence electrons. The number of nitrogens with zero attached hydrogens (tertiary/aromatic N) is 4. The van der Waals surface area contributed by atoms with Crippen LogP contribution in [0.3, 0.4) is 0 Å². The minimum Gasteiger partial charge on any atom is -0.374 e. The Bertz CT molecular complexity index is 601. The molecular weight excluding hydrogens is 256 g/mol. The number of aromatic nitrogens is 4. The molecule has 0 aliphatic rings. The Hall–Kier alpha value is -1.75. The van der Waals surface area contributed by atoms with Gasteiger partial charge in [0.2, 0.25) is 5.13 Å². The number of sulfonamides is 1. The molecule has 2 aromatic heterocycles. The number of hydrogen-bond donors (Lipinski definition) is 2. The standard InChI is InChI=1S/C5H6N6O3S2/c1-2-7-4(14-10-2)11-16(12,13)5-9-8-3(6)15-5/h1H3,(H2,6,8)(H,7,10,11). The lowest BCUT2D eigenvalue weighted by atomic mass is 10.8. The number of aryl methyl sites for hydroxylation is 1. The van der Waals surface area contributed by atoms with E-state index in [9.17, 15) is 8.42 Å². The number of nitrogens with two attached hydrogens (primary N) is 1. The van der Waals surface area contributed by atoms with E-state index in [1.54, 1.807) is 6.92 Å². The highest BCUT2D eigenvalue weighted by Gasteiger charge is 2.22. The topological polar surface area (TPSA) is 137 Å². The fourth-order valence-electron chi connectivity index (χ4n) is 0.826. The van der Waals surface area contributed by atoms with Gasteiger partial charge in [-0.05, 0) is 6.92 Å². The number of hydrogen-bond acceptors (Lipinski definition) is 9. The van der Waals surface area contributed by atoms with Crippen LogP contribution in [0.15, 0.2) is 8.86 Å². The van der Waals surface area contributed by atoms with Crippen molar-refractivity contribution in [3.8, 4) is 0 Å². The highest BCUT2D eigenvalue weighted by atomic mass is 32.2. The number of nitrogens with one attached hydrogen (secondary N) is 1. The number of rotatable bonds is 3. The fourth-order valence-corrected chi connectivity index (χ4v) is 2.54. The van der Waals surface area contributed by atoms with Gasteiger partial charge in [0.15, 0.2) is 5.82 Å². The summed E-state index contributed by atoms with van der Waals surface area (Å²) in [5.74, 6) is 0.314. The van der Waals surface area contributed by atoms with Crippen LogP contribution in [0.4, 0.5) is 11.1 Å². The van der Waals surface area contributed by atoms with E-state index in [1.165, 1.54) is 0 Å². The van der Waals surface area contributed by atoms with Crippen molar-refractivity contribution in [2.75, 3.05) is 10.5 Å². The predicted molar refractivity (Wildman–Crippen MR) is 54.2 cm³/mol. The number of anilines is 2. The van der Waals surface area contributed by atoms with Gasteiger partial charge in [-0.15, -0.1) is 10.2 Å². The Kier molecular flexibility index (Phi) is 2.47. The lowest BCUT2D eigenvalue weighted by molar-refractivity contribution is 0.429. The van der Waals surface area contributed by atoms with Gasteiger partial charge in [-0.3, -0.25) is 0 Å². The van der Waals surface area contributed by atoms with Crippen LogP contribution in [0.2, 0.25) is 0 Å². The van der Waals surface area contributed by atoms with Crippen molar-refractivity contribution < 1.29 is 12.9 Å². The number of nitrogen functional groups attached to an aromatic ring is 1. The molecule has 16 heavy (non-hydrogen) atoms. The fraction of sp³-hybridized carbons (Fsp3) is 0.200. The van der Waals surface area contributed by atoms with Crippen molar-refractivity contribution in [3.05, 3.63) is 5.82 Å². The third-order valence-corrected chi connectivity index (χ3v) is 3.84. The first-order chi connectivity index (χ1) is 7.47. The van der Waals surface area contributed by atoms with Gasteiger partial charge >= 0.3 is 6.01 Å². The summed E-state index contributed by atoms with van der Waals surface area (Å²) in [7, 11) is -3.86. The van der Waals surface area contributed by atoms with Crippen molar-refractivity contribution in [1.29, 1.82) is 0 Å². The second-order valence-corrected chi connectivity index (χ2v) is 5.52. The first-order valence-corrected chi connectivity index (χ1v) is 6.19. The van der Waals surface area contributed by atoms with Crippen molar-refractivity contribution in [3.63, 3.8) is 0 Å². The molecule has 0 unspecified atom stereocenters. The van der Waals surface area contributed by atoms with Crippen LogP contribution in [0, 0.1) is 6.92 Å². The first kappa shape index (κ1) is 10.8. The molecule has 0 amide bonds. The lowest BCUT2D eigenvalue weighted by Crippen LogP contribution is -2.12. The summed E-state index contributed by atoms with van der Waals surface area (Å²) in [5.41, 5.74) is 5.27. The zero-order valence-corrected chi connectivity index (χ0v) is 9.54. The van der Waals surface area contributed by atoms with Gasteiger partial charge in [0, 0.05) is 0 Å². The third kappa shape index (κ3) is 2.09. The van der Waals surface area contributed by atoms with E-state index in [0.29, 0.717) is 5.82 Å². The third-order valence-electron chi connectivity index (χ3n) is 1.40. The van der Waals surface area contributed by atoms with Crippen molar-refractivity contribution in [2.45, 2.75) is 11.3 Å². The zero-order chi connectivity index (χ0) is 11.8. The average molecular weight is 262 g/mol. The van der Waals surface area contributed by atoms with Gasteiger partial charge in [0.1, 0.15) is 0 Å². The summed E-state index contributed by atoms with van der Waals surface area (Å²) in [4.78, 5) is 3.69. The van der Waals surface area contributed by atoms with Crippen LogP contribution in [-0.4, -0.2) is 28.8 Å². The molecule has 0 aliphatic carbocycles. The molecular formula is C5H6N6O3S2. The van der Waals surface area contributed by atoms with Gasteiger partial charge in [-0.25, -0.2) is 4.72 Å². The molecule has 0 spiro atoms. The summed E-state index contributed by atoms with van der Waals surface area (Å²) < 4.78 is 29.7. The van der Waals surface area contributed by atoms with Crippen molar-refractivity contribution in [2.24, 2.45) is 0 Å². The molecule has 0 saturated carbocycles. The van der Waals surface area contributed by atoms with E-state index in [1.807, 2.05) is 0 Å². The average Bonchev–Trinajstić information content (AvgIpc) is 2.75. The second kappa shape index (κ2) is 3.68. The summed E-state index contributed by atoms with van der Waals surface area (Å²) in [6, 6.07) is -0.230. The lowest BCUT2D eigenvalue weighted by Gasteiger charge is -1.97. The molecule has 0 saturated heterocycles. The van der Waals surface area contributed by atoms with Crippen LogP contribution in [0.5, 0.6) is 0 Å². The molecule has 2 aromatic rings. The van der Waals surface area contributed by atoms with Crippen LogP contribution < -0.4 is 10.5 Å². The van der Waals surface area contributed by atoms with Crippen LogP contribution >= 0.6 is 11.3 Å². The summed E-state index contributed by atoms with van der Waals surface area (Å²) in [6.45, 7) is 1.56. The Balaban J connectivity index is 2.27. The van der Waals surface area contributed by atoms with E-state index in [4.69, 9.17) is 5.73 Å². The molecule has 0 bridgehead atoms. The SMILES string of the molecule is Cc1noc(NS(=O)(=O)c2nnc(N)s2)n1. The molecule has 2 rings (SSSR count). The summed E-state index contributed by atoms with van der Waals surface area (Å²) >= 11 is 0.736. The van der Waals surface area contributed by atoms with Crippen molar-refractivity contribution >= 4 is 32.5 Å². The minimum absolute atomic E-state index is 0.0575.